The summed E-state index contributed by atoms with van der Waals surface area (Å²) in [6.07, 6.45) is 5.45. The van der Waals surface area contributed by atoms with Crippen molar-refractivity contribution < 1.29 is 13.0 Å². The van der Waals surface area contributed by atoms with Gasteiger partial charge in [0, 0.05) is 22.1 Å². The fraction of sp³-hybridized carbons (Fsp3) is 0.300. The molecule has 4 rings (SSSR count). The molecule has 1 saturated carbocycles. The van der Waals surface area contributed by atoms with Crippen molar-refractivity contribution in [1.82, 2.24) is 9.55 Å². The highest BCUT2D eigenvalue weighted by atomic mass is 79.9. The third-order valence-corrected chi connectivity index (χ3v) is 7.05. The number of aryl methyl sites for hydroxylation is 1. The van der Waals surface area contributed by atoms with Crippen LogP contribution in [0.4, 0.5) is 0 Å². The Balaban J connectivity index is 2.04. The van der Waals surface area contributed by atoms with Gasteiger partial charge in [-0.25, -0.2) is 0 Å². The van der Waals surface area contributed by atoms with Crippen LogP contribution in [-0.4, -0.2) is 22.5 Å². The Morgan fingerprint density at radius 1 is 1.29 bits per heavy atom. The molecular formula is C20H18BrN3O3S. The lowest BCUT2D eigenvalue weighted by molar-refractivity contribution is 0.483. The zero-order chi connectivity index (χ0) is 20.1. The van der Waals surface area contributed by atoms with E-state index < -0.39 is 10.1 Å². The maximum Gasteiger partial charge on any atom is 0.296 e. The van der Waals surface area contributed by atoms with Gasteiger partial charge in [-0.1, -0.05) is 28.8 Å². The Bertz CT molecular complexity index is 1220. The Morgan fingerprint density at radius 2 is 2.00 bits per heavy atom. The van der Waals surface area contributed by atoms with E-state index in [0.717, 1.165) is 52.8 Å². The van der Waals surface area contributed by atoms with Gasteiger partial charge in [-0.15, -0.1) is 0 Å². The highest BCUT2D eigenvalue weighted by molar-refractivity contribution is 9.10. The number of benzene rings is 1. The molecule has 1 aliphatic rings. The van der Waals surface area contributed by atoms with Crippen molar-refractivity contribution in [3.05, 3.63) is 46.1 Å². The highest BCUT2D eigenvalue weighted by Gasteiger charge is 2.27. The molecule has 0 atom stereocenters. The van der Waals surface area contributed by atoms with E-state index in [1.807, 2.05) is 13.0 Å². The first-order chi connectivity index (χ1) is 13.3. The van der Waals surface area contributed by atoms with E-state index in [1.54, 1.807) is 6.07 Å². The van der Waals surface area contributed by atoms with Gasteiger partial charge in [0.2, 0.25) is 0 Å². The summed E-state index contributed by atoms with van der Waals surface area (Å²) in [7, 11) is -4.32. The second-order valence-corrected chi connectivity index (χ2v) is 9.39. The van der Waals surface area contributed by atoms with Crippen molar-refractivity contribution in [3.8, 4) is 17.5 Å². The Morgan fingerprint density at radius 3 is 2.57 bits per heavy atom. The molecule has 6 nitrogen and oxygen atoms in total. The van der Waals surface area contributed by atoms with E-state index in [-0.39, 0.29) is 10.9 Å². The predicted molar refractivity (Wildman–Crippen MR) is 110 cm³/mol. The molecule has 0 amide bonds. The summed E-state index contributed by atoms with van der Waals surface area (Å²) in [5.41, 5.74) is 3.80. The first-order valence-electron chi connectivity index (χ1n) is 8.99. The monoisotopic (exact) mass is 459 g/mol. The summed E-state index contributed by atoms with van der Waals surface area (Å²) >= 11 is 3.56. The molecule has 2 heterocycles. The second kappa shape index (κ2) is 6.99. The van der Waals surface area contributed by atoms with Gasteiger partial charge >= 0.3 is 0 Å². The largest absolute Gasteiger partial charge is 0.335 e. The van der Waals surface area contributed by atoms with Gasteiger partial charge in [0.25, 0.3) is 10.1 Å². The zero-order valence-electron chi connectivity index (χ0n) is 15.2. The van der Waals surface area contributed by atoms with Crippen molar-refractivity contribution in [2.24, 2.45) is 0 Å². The molecule has 8 heteroatoms. The SMILES string of the molecule is Cc1cc2c(cc1Br)c(C#N)c(-c1ccc(S(=O)(=O)O)cn1)n2C1CCCC1. The number of hydrogen-bond donors (Lipinski definition) is 1. The fourth-order valence-corrected chi connectivity index (χ4v) is 4.78. The van der Waals surface area contributed by atoms with Gasteiger partial charge < -0.3 is 4.57 Å². The molecular weight excluding hydrogens is 442 g/mol. The Hall–Kier alpha value is -2.21. The summed E-state index contributed by atoms with van der Waals surface area (Å²) in [4.78, 5) is 4.01. The smallest absolute Gasteiger partial charge is 0.296 e. The van der Waals surface area contributed by atoms with Crippen molar-refractivity contribution in [3.63, 3.8) is 0 Å². The molecule has 1 fully saturated rings. The summed E-state index contributed by atoms with van der Waals surface area (Å²) in [6, 6.07) is 9.49. The first-order valence-corrected chi connectivity index (χ1v) is 11.2. The predicted octanol–water partition coefficient (Wildman–Crippen LogP) is 5.01. The maximum absolute atomic E-state index is 11.3. The Labute approximate surface area is 171 Å². The zero-order valence-corrected chi connectivity index (χ0v) is 17.6. The molecule has 0 unspecified atom stereocenters. The molecule has 1 aliphatic carbocycles. The van der Waals surface area contributed by atoms with Crippen LogP contribution in [0, 0.1) is 18.3 Å². The number of hydrogen-bond acceptors (Lipinski definition) is 4. The number of rotatable bonds is 3. The van der Waals surface area contributed by atoms with Crippen LogP contribution in [0.25, 0.3) is 22.3 Å². The molecule has 3 aromatic rings. The number of fused-ring (bicyclic) bond motifs is 1. The number of pyridine rings is 1. The first kappa shape index (κ1) is 19.1. The number of aromatic nitrogens is 2. The molecule has 144 valence electrons. The van der Waals surface area contributed by atoms with E-state index in [0.29, 0.717) is 17.0 Å². The van der Waals surface area contributed by atoms with Crippen molar-refractivity contribution in [2.45, 2.75) is 43.5 Å². The van der Waals surface area contributed by atoms with Gasteiger partial charge in [-0.05, 0) is 49.6 Å². The molecule has 0 aliphatic heterocycles. The van der Waals surface area contributed by atoms with E-state index >= 15 is 0 Å². The van der Waals surface area contributed by atoms with Gasteiger partial charge in [-0.3, -0.25) is 9.54 Å². The molecule has 2 aromatic heterocycles. The minimum absolute atomic E-state index is 0.267. The quantitative estimate of drug-likeness (QED) is 0.555. The van der Waals surface area contributed by atoms with Gasteiger partial charge in [0.1, 0.15) is 11.0 Å². The van der Waals surface area contributed by atoms with Crippen LogP contribution in [0.2, 0.25) is 0 Å². The lowest BCUT2D eigenvalue weighted by atomic mass is 10.1. The second-order valence-electron chi connectivity index (χ2n) is 7.12. The van der Waals surface area contributed by atoms with Crippen LogP contribution >= 0.6 is 15.9 Å². The third-order valence-electron chi connectivity index (χ3n) is 5.36. The summed E-state index contributed by atoms with van der Waals surface area (Å²) < 4.78 is 35.0. The summed E-state index contributed by atoms with van der Waals surface area (Å²) in [6.45, 7) is 2.01. The van der Waals surface area contributed by atoms with E-state index in [9.17, 15) is 18.2 Å². The van der Waals surface area contributed by atoms with E-state index in [2.05, 4.69) is 37.6 Å². The number of nitriles is 1. The average molecular weight is 460 g/mol. The third kappa shape index (κ3) is 3.13. The van der Waals surface area contributed by atoms with E-state index in [4.69, 9.17) is 0 Å². The highest BCUT2D eigenvalue weighted by Crippen LogP contribution is 2.42. The summed E-state index contributed by atoms with van der Waals surface area (Å²) in [5, 5.41) is 10.8. The molecule has 28 heavy (non-hydrogen) atoms. The van der Waals surface area contributed by atoms with Crippen molar-refractivity contribution >= 4 is 37.0 Å². The van der Waals surface area contributed by atoms with E-state index in [1.165, 1.54) is 6.07 Å². The lowest BCUT2D eigenvalue weighted by Crippen LogP contribution is -2.08. The van der Waals surface area contributed by atoms with Crippen LogP contribution in [0.3, 0.4) is 0 Å². The standard InChI is InChI=1S/C20H18BrN3O3S/c1-12-8-19-15(9-17(12)21)16(10-22)20(24(19)13-4-2-3-5-13)18-7-6-14(11-23-18)28(25,26)27/h6-9,11,13H,2-5H2,1H3,(H,25,26,27). The molecule has 0 radical (unpaired) electrons. The van der Waals surface area contributed by atoms with Crippen LogP contribution in [0.5, 0.6) is 0 Å². The Kier molecular flexibility index (Phi) is 4.78. The molecule has 0 saturated heterocycles. The van der Waals surface area contributed by atoms with Gasteiger partial charge in [0.15, 0.2) is 0 Å². The van der Waals surface area contributed by atoms with Crippen LogP contribution in [0.1, 0.15) is 42.9 Å². The molecule has 1 N–H and O–H groups in total. The van der Waals surface area contributed by atoms with Gasteiger partial charge in [-0.2, -0.15) is 13.7 Å². The van der Waals surface area contributed by atoms with Crippen LogP contribution < -0.4 is 0 Å². The molecule has 0 bridgehead atoms. The average Bonchev–Trinajstić information content (AvgIpc) is 3.27. The summed E-state index contributed by atoms with van der Waals surface area (Å²) in [5.74, 6) is 0. The maximum atomic E-state index is 11.3. The van der Waals surface area contributed by atoms with Crippen LogP contribution in [0.15, 0.2) is 39.8 Å². The lowest BCUT2D eigenvalue weighted by Gasteiger charge is -2.18. The minimum atomic E-state index is -4.32. The van der Waals surface area contributed by atoms with Crippen molar-refractivity contribution in [2.75, 3.05) is 0 Å². The molecule has 1 aromatic carbocycles. The van der Waals surface area contributed by atoms with Crippen molar-refractivity contribution in [1.29, 1.82) is 5.26 Å². The number of nitrogens with zero attached hydrogens (tertiary/aromatic N) is 3. The minimum Gasteiger partial charge on any atom is -0.335 e. The number of halogens is 1. The normalized spacial score (nSPS) is 15.2. The molecule has 0 spiro atoms. The van der Waals surface area contributed by atoms with Crippen LogP contribution in [-0.2, 0) is 10.1 Å². The van der Waals surface area contributed by atoms with Gasteiger partial charge in [0.05, 0.1) is 22.5 Å². The topological polar surface area (TPSA) is 96.0 Å². The fourth-order valence-electron chi connectivity index (χ4n) is 4.01.